The lowest BCUT2D eigenvalue weighted by atomic mass is 9.99. The summed E-state index contributed by atoms with van der Waals surface area (Å²) < 4.78 is 3.53. The van der Waals surface area contributed by atoms with Crippen molar-refractivity contribution in [1.82, 2.24) is 4.40 Å². The molecule has 0 aliphatic heterocycles. The summed E-state index contributed by atoms with van der Waals surface area (Å²) in [5.74, 6) is 0. The molecule has 0 spiro atoms. The molecule has 0 amide bonds. The van der Waals surface area contributed by atoms with Gasteiger partial charge in [0.25, 0.3) is 0 Å². The van der Waals surface area contributed by atoms with Gasteiger partial charge in [-0.1, -0.05) is 94.8 Å². The second-order valence-corrected chi connectivity index (χ2v) is 9.29. The molecule has 0 saturated carbocycles. The molecule has 1 nitrogen and oxygen atoms in total. The van der Waals surface area contributed by atoms with Crippen LogP contribution in [0.1, 0.15) is 0 Å². The smallest absolute Gasteiger partial charge is 0.0620 e. The largest absolute Gasteiger partial charge is 0.308 e. The molecule has 0 bridgehead atoms. The SMILES string of the molecule is Brc1cccc(-c2ccc(-c3ccc4c(c3)c3cccc5c6ccccc6n4c53)cc2)c1. The van der Waals surface area contributed by atoms with Crippen LogP contribution in [0.5, 0.6) is 0 Å². The number of hydrogen-bond acceptors (Lipinski definition) is 0. The Hall–Kier alpha value is -3.62. The normalized spacial score (nSPS) is 11.9. The summed E-state index contributed by atoms with van der Waals surface area (Å²) >= 11 is 3.57. The predicted molar refractivity (Wildman–Crippen MR) is 140 cm³/mol. The number of aromatic nitrogens is 1. The third kappa shape index (κ3) is 2.50. The van der Waals surface area contributed by atoms with Gasteiger partial charge in [-0.25, -0.2) is 0 Å². The standard InChI is InChI=1S/C30H18BrN/c31-23-6-3-5-21(17-23)19-11-13-20(14-12-19)22-15-16-29-27(18-22)26-9-4-8-25-24-7-1-2-10-28(24)32(29)30(25)26/h1-18H. The van der Waals surface area contributed by atoms with E-state index in [0.717, 1.165) is 4.47 Å². The molecule has 5 aromatic carbocycles. The molecule has 2 aromatic heterocycles. The maximum Gasteiger partial charge on any atom is 0.0620 e. The maximum absolute atomic E-state index is 3.57. The fraction of sp³-hybridized carbons (Fsp3) is 0. The van der Waals surface area contributed by atoms with Gasteiger partial charge in [-0.05, 0) is 52.6 Å². The van der Waals surface area contributed by atoms with E-state index >= 15 is 0 Å². The molecule has 0 radical (unpaired) electrons. The molecule has 7 aromatic rings. The van der Waals surface area contributed by atoms with Gasteiger partial charge in [0.15, 0.2) is 0 Å². The monoisotopic (exact) mass is 471 g/mol. The number of para-hydroxylation sites is 2. The summed E-state index contributed by atoms with van der Waals surface area (Å²) in [4.78, 5) is 0. The van der Waals surface area contributed by atoms with Crippen molar-refractivity contribution in [2.24, 2.45) is 0 Å². The molecule has 0 N–H and O–H groups in total. The molecule has 0 atom stereocenters. The molecular formula is C30H18BrN. The van der Waals surface area contributed by atoms with Crippen molar-refractivity contribution in [2.75, 3.05) is 0 Å². The highest BCUT2D eigenvalue weighted by molar-refractivity contribution is 9.10. The van der Waals surface area contributed by atoms with Gasteiger partial charge in [-0.15, -0.1) is 0 Å². The minimum atomic E-state index is 1.10. The highest BCUT2D eigenvalue weighted by Gasteiger charge is 2.17. The van der Waals surface area contributed by atoms with Crippen molar-refractivity contribution in [3.05, 3.63) is 114 Å². The zero-order valence-corrected chi connectivity index (χ0v) is 18.8. The summed E-state index contributed by atoms with van der Waals surface area (Å²) in [6.45, 7) is 0. The maximum atomic E-state index is 3.57. The van der Waals surface area contributed by atoms with Gasteiger partial charge >= 0.3 is 0 Å². The topological polar surface area (TPSA) is 4.41 Å². The first-order valence-corrected chi connectivity index (χ1v) is 11.6. The summed E-state index contributed by atoms with van der Waals surface area (Å²) in [6, 6.07) is 39.6. The minimum absolute atomic E-state index is 1.10. The highest BCUT2D eigenvalue weighted by atomic mass is 79.9. The minimum Gasteiger partial charge on any atom is -0.308 e. The second kappa shape index (κ2) is 6.69. The van der Waals surface area contributed by atoms with Crippen LogP contribution in [0.2, 0.25) is 0 Å². The van der Waals surface area contributed by atoms with Crippen LogP contribution >= 0.6 is 15.9 Å². The van der Waals surface area contributed by atoms with Crippen LogP contribution in [0, 0.1) is 0 Å². The van der Waals surface area contributed by atoms with E-state index in [2.05, 4.69) is 130 Å². The van der Waals surface area contributed by atoms with E-state index in [0.29, 0.717) is 0 Å². The van der Waals surface area contributed by atoms with Crippen molar-refractivity contribution in [1.29, 1.82) is 0 Å². The van der Waals surface area contributed by atoms with Crippen LogP contribution in [-0.2, 0) is 0 Å². The first kappa shape index (κ1) is 18.0. The Morgan fingerprint density at radius 3 is 1.81 bits per heavy atom. The van der Waals surface area contributed by atoms with E-state index in [9.17, 15) is 0 Å². The number of rotatable bonds is 2. The van der Waals surface area contributed by atoms with Crippen LogP contribution in [0.15, 0.2) is 114 Å². The Labute approximate surface area is 194 Å². The molecule has 2 heteroatoms. The number of hydrogen-bond donors (Lipinski definition) is 0. The Bertz CT molecular complexity index is 1770. The Morgan fingerprint density at radius 2 is 1.03 bits per heavy atom. The van der Waals surface area contributed by atoms with E-state index in [1.807, 2.05) is 0 Å². The van der Waals surface area contributed by atoms with Gasteiger partial charge < -0.3 is 4.40 Å². The summed E-state index contributed by atoms with van der Waals surface area (Å²) in [6.07, 6.45) is 0. The van der Waals surface area contributed by atoms with E-state index in [1.54, 1.807) is 0 Å². The first-order valence-electron chi connectivity index (χ1n) is 10.8. The molecule has 0 aliphatic rings. The Morgan fingerprint density at radius 1 is 0.438 bits per heavy atom. The third-order valence-corrected chi connectivity index (χ3v) is 7.09. The summed E-state index contributed by atoms with van der Waals surface area (Å²) in [5, 5.41) is 5.28. The lowest BCUT2D eigenvalue weighted by Crippen LogP contribution is -1.83. The Balaban J connectivity index is 1.42. The zero-order chi connectivity index (χ0) is 21.2. The van der Waals surface area contributed by atoms with Crippen molar-refractivity contribution in [2.45, 2.75) is 0 Å². The number of benzene rings is 5. The molecule has 32 heavy (non-hydrogen) atoms. The van der Waals surface area contributed by atoms with Crippen molar-refractivity contribution in [3.8, 4) is 22.3 Å². The van der Waals surface area contributed by atoms with Crippen LogP contribution in [0.4, 0.5) is 0 Å². The van der Waals surface area contributed by atoms with Crippen molar-refractivity contribution >= 4 is 54.0 Å². The lowest BCUT2D eigenvalue weighted by Gasteiger charge is -2.06. The number of nitrogens with zero attached hydrogens (tertiary/aromatic N) is 1. The van der Waals surface area contributed by atoms with Crippen LogP contribution in [-0.4, -0.2) is 4.40 Å². The van der Waals surface area contributed by atoms with Gasteiger partial charge in [0.05, 0.1) is 16.6 Å². The highest BCUT2D eigenvalue weighted by Crippen LogP contribution is 2.40. The average Bonchev–Trinajstić information content (AvgIpc) is 3.36. The second-order valence-electron chi connectivity index (χ2n) is 8.37. The quantitative estimate of drug-likeness (QED) is 0.237. The average molecular weight is 472 g/mol. The predicted octanol–water partition coefficient (Wildman–Crippen LogP) is 8.93. The molecule has 2 heterocycles. The molecular weight excluding hydrogens is 454 g/mol. The lowest BCUT2D eigenvalue weighted by molar-refractivity contribution is 1.37. The van der Waals surface area contributed by atoms with E-state index in [1.165, 1.54) is 60.3 Å². The van der Waals surface area contributed by atoms with Gasteiger partial charge in [0.2, 0.25) is 0 Å². The van der Waals surface area contributed by atoms with Crippen LogP contribution in [0.3, 0.4) is 0 Å². The Kier molecular flexibility index (Phi) is 3.76. The summed E-state index contributed by atoms with van der Waals surface area (Å²) in [7, 11) is 0. The number of halogens is 1. The zero-order valence-electron chi connectivity index (χ0n) is 17.2. The van der Waals surface area contributed by atoms with Crippen molar-refractivity contribution in [3.63, 3.8) is 0 Å². The van der Waals surface area contributed by atoms with Crippen LogP contribution < -0.4 is 0 Å². The van der Waals surface area contributed by atoms with E-state index < -0.39 is 0 Å². The van der Waals surface area contributed by atoms with Gasteiger partial charge in [-0.2, -0.15) is 0 Å². The summed E-state index contributed by atoms with van der Waals surface area (Å²) in [5.41, 5.74) is 8.80. The first-order chi connectivity index (χ1) is 15.8. The molecule has 0 fully saturated rings. The molecule has 0 unspecified atom stereocenters. The fourth-order valence-electron chi connectivity index (χ4n) is 5.14. The fourth-order valence-corrected chi connectivity index (χ4v) is 5.53. The third-order valence-electron chi connectivity index (χ3n) is 6.60. The van der Waals surface area contributed by atoms with E-state index in [4.69, 9.17) is 0 Å². The van der Waals surface area contributed by atoms with Gasteiger partial charge in [0, 0.05) is 26.0 Å². The molecule has 150 valence electrons. The van der Waals surface area contributed by atoms with Crippen molar-refractivity contribution < 1.29 is 0 Å². The molecule has 7 rings (SSSR count). The van der Waals surface area contributed by atoms with Crippen LogP contribution in [0.25, 0.3) is 60.3 Å². The van der Waals surface area contributed by atoms with Gasteiger partial charge in [0.1, 0.15) is 0 Å². The number of fused-ring (bicyclic) bond motifs is 6. The molecule has 0 aliphatic carbocycles. The molecule has 0 saturated heterocycles. The van der Waals surface area contributed by atoms with Gasteiger partial charge in [-0.3, -0.25) is 0 Å². The van der Waals surface area contributed by atoms with E-state index in [-0.39, 0.29) is 0 Å².